The SMILES string of the molecule is C[N+](C)(C)CCO.O=C([O-])CC(C(=O)[O-])C(O)C(=O)[O-].[Fe+2]. The second kappa shape index (κ2) is 11.5. The van der Waals surface area contributed by atoms with Crippen LogP contribution in [0.25, 0.3) is 0 Å². The smallest absolute Gasteiger partial charge is 0.550 e. The monoisotopic (exact) mass is 349 g/mol. The summed E-state index contributed by atoms with van der Waals surface area (Å²) in [5.41, 5.74) is 0. The van der Waals surface area contributed by atoms with Gasteiger partial charge >= 0.3 is 17.1 Å². The number of aliphatic carboxylic acids is 3. The van der Waals surface area contributed by atoms with Crippen LogP contribution in [0.2, 0.25) is 0 Å². The Morgan fingerprint density at radius 1 is 1.05 bits per heavy atom. The minimum atomic E-state index is -2.41. The predicted molar refractivity (Wildman–Crippen MR) is 59.1 cm³/mol. The molecule has 0 heterocycles. The molecule has 0 amide bonds. The van der Waals surface area contributed by atoms with Crippen LogP contribution in [-0.4, -0.2) is 73.0 Å². The fraction of sp³-hybridized carbons (Fsp3) is 0.727. The van der Waals surface area contributed by atoms with Crippen molar-refractivity contribution < 1.29 is 61.5 Å². The summed E-state index contributed by atoms with van der Waals surface area (Å²) in [7, 11) is 6.16. The number of carboxylic acid groups (broad SMARTS) is 3. The predicted octanol–water partition coefficient (Wildman–Crippen LogP) is -5.71. The number of hydrogen-bond acceptors (Lipinski definition) is 8. The van der Waals surface area contributed by atoms with Crippen molar-refractivity contribution in [3.05, 3.63) is 0 Å². The normalized spacial score (nSPS) is 13.0. The van der Waals surface area contributed by atoms with E-state index in [1.54, 1.807) is 0 Å². The summed E-state index contributed by atoms with van der Waals surface area (Å²) in [5.74, 6) is -7.92. The molecule has 0 aromatic carbocycles. The Morgan fingerprint density at radius 2 is 1.48 bits per heavy atom. The summed E-state index contributed by atoms with van der Waals surface area (Å²) in [6.45, 7) is 1.11. The molecule has 0 saturated heterocycles. The van der Waals surface area contributed by atoms with Crippen LogP contribution in [-0.2, 0) is 31.5 Å². The van der Waals surface area contributed by atoms with E-state index in [0.29, 0.717) is 0 Å². The number of quaternary nitrogens is 1. The third-order valence-corrected chi connectivity index (χ3v) is 2.08. The first-order valence-electron chi connectivity index (χ1n) is 5.63. The number of rotatable bonds is 7. The minimum absolute atomic E-state index is 0. The average Bonchev–Trinajstić information content (AvgIpc) is 2.23. The number of aliphatic hydroxyl groups is 2. The van der Waals surface area contributed by atoms with Gasteiger partial charge in [-0.1, -0.05) is 0 Å². The van der Waals surface area contributed by atoms with E-state index in [4.69, 9.17) is 10.2 Å². The Morgan fingerprint density at radius 3 is 1.62 bits per heavy atom. The van der Waals surface area contributed by atoms with Crippen molar-refractivity contribution in [1.29, 1.82) is 0 Å². The van der Waals surface area contributed by atoms with Gasteiger partial charge in [0.2, 0.25) is 0 Å². The molecular weight excluding hydrogens is 330 g/mol. The van der Waals surface area contributed by atoms with Crippen molar-refractivity contribution in [2.45, 2.75) is 12.5 Å². The molecule has 124 valence electrons. The van der Waals surface area contributed by atoms with Gasteiger partial charge in [-0.3, -0.25) is 0 Å². The van der Waals surface area contributed by atoms with E-state index in [2.05, 4.69) is 21.1 Å². The molecule has 9 nitrogen and oxygen atoms in total. The molecule has 2 N–H and O–H groups in total. The molecule has 0 aliphatic carbocycles. The molecule has 10 heteroatoms. The zero-order valence-corrected chi connectivity index (χ0v) is 13.0. The van der Waals surface area contributed by atoms with E-state index in [1.807, 2.05) is 0 Å². The number of aliphatic hydroxyl groups excluding tert-OH is 2. The second-order valence-corrected chi connectivity index (χ2v) is 5.00. The fourth-order valence-electron chi connectivity index (χ4n) is 0.968. The van der Waals surface area contributed by atoms with Crippen LogP contribution in [0, 0.1) is 5.92 Å². The third-order valence-electron chi connectivity index (χ3n) is 2.08. The van der Waals surface area contributed by atoms with Gasteiger partial charge in [-0.2, -0.15) is 0 Å². The molecule has 2 unspecified atom stereocenters. The first kappa shape index (κ1) is 24.8. The number of likely N-dealkylation sites (N-methyl/N-ethyl adjacent to an activating group) is 1. The van der Waals surface area contributed by atoms with Crippen LogP contribution in [0.5, 0.6) is 0 Å². The van der Waals surface area contributed by atoms with Gasteiger partial charge in [0.15, 0.2) is 0 Å². The van der Waals surface area contributed by atoms with Crippen LogP contribution in [0.3, 0.4) is 0 Å². The molecular formula is C11H19FeNO8. The van der Waals surface area contributed by atoms with Crippen LogP contribution < -0.4 is 15.3 Å². The summed E-state index contributed by atoms with van der Waals surface area (Å²) in [6.07, 6.45) is -3.56. The maximum absolute atomic E-state index is 10.1. The van der Waals surface area contributed by atoms with Crippen molar-refractivity contribution in [3.8, 4) is 0 Å². The number of hydrogen-bond donors (Lipinski definition) is 2. The maximum atomic E-state index is 10.1. The summed E-state index contributed by atoms with van der Waals surface area (Å²) >= 11 is 0. The Balaban J connectivity index is -0.000000347. The number of nitrogens with zero attached hydrogens (tertiary/aromatic N) is 1. The van der Waals surface area contributed by atoms with E-state index in [1.165, 1.54) is 0 Å². The molecule has 0 rings (SSSR count). The average molecular weight is 349 g/mol. The Kier molecular flexibility index (Phi) is 13.5. The standard InChI is InChI=1S/C6H8O7.C5H14NO.Fe/c7-3(8)1-2(5(10)11)4(9)6(12)13;1-6(2,3)4-5-7;/h2,4,9H,1H2,(H,7,8)(H,10,11)(H,12,13);7H,4-5H2,1-3H3;/q;+1;+2/p-3. The number of carboxylic acids is 3. The van der Waals surface area contributed by atoms with Crippen LogP contribution in [0.4, 0.5) is 0 Å². The summed E-state index contributed by atoms with van der Waals surface area (Å²) in [5, 5.41) is 47.0. The van der Waals surface area contributed by atoms with Gasteiger partial charge in [0.1, 0.15) is 12.6 Å². The number of carbonyl (C=O) groups excluding carboxylic acids is 3. The van der Waals surface area contributed by atoms with Crippen molar-refractivity contribution in [1.82, 2.24) is 0 Å². The maximum Gasteiger partial charge on any atom is 2.00 e. The Bertz CT molecular complexity index is 342. The second-order valence-electron chi connectivity index (χ2n) is 5.00. The van der Waals surface area contributed by atoms with Gasteiger partial charge in [0, 0.05) is 17.9 Å². The summed E-state index contributed by atoms with van der Waals surface area (Å²) in [4.78, 5) is 30.0. The van der Waals surface area contributed by atoms with E-state index in [0.717, 1.165) is 11.0 Å². The molecule has 0 aromatic rings. The van der Waals surface area contributed by atoms with E-state index in [9.17, 15) is 29.7 Å². The molecule has 0 saturated carbocycles. The minimum Gasteiger partial charge on any atom is -0.550 e. The molecule has 0 bridgehead atoms. The van der Waals surface area contributed by atoms with E-state index in [-0.39, 0.29) is 23.7 Å². The summed E-state index contributed by atoms with van der Waals surface area (Å²) in [6, 6.07) is 0. The van der Waals surface area contributed by atoms with Gasteiger partial charge in [-0.05, 0) is 6.42 Å². The Labute approximate surface area is 132 Å². The molecule has 0 radical (unpaired) electrons. The first-order chi connectivity index (χ1) is 8.92. The zero-order valence-electron chi connectivity index (χ0n) is 11.9. The van der Waals surface area contributed by atoms with Crippen molar-refractivity contribution >= 4 is 17.9 Å². The molecule has 0 aromatic heterocycles. The molecule has 21 heavy (non-hydrogen) atoms. The van der Waals surface area contributed by atoms with E-state index >= 15 is 0 Å². The molecule has 0 aliphatic rings. The van der Waals surface area contributed by atoms with Crippen LogP contribution in [0.1, 0.15) is 6.42 Å². The summed E-state index contributed by atoms with van der Waals surface area (Å²) < 4.78 is 0.844. The van der Waals surface area contributed by atoms with E-state index < -0.39 is 36.4 Å². The van der Waals surface area contributed by atoms with Crippen molar-refractivity contribution in [3.63, 3.8) is 0 Å². The van der Waals surface area contributed by atoms with Crippen LogP contribution >= 0.6 is 0 Å². The van der Waals surface area contributed by atoms with Crippen molar-refractivity contribution in [2.75, 3.05) is 34.3 Å². The van der Waals surface area contributed by atoms with Gasteiger partial charge < -0.3 is 44.4 Å². The van der Waals surface area contributed by atoms with Crippen molar-refractivity contribution in [2.24, 2.45) is 5.92 Å². The number of carbonyl (C=O) groups is 3. The quantitative estimate of drug-likeness (QED) is 0.339. The van der Waals surface area contributed by atoms with Gasteiger partial charge in [-0.25, -0.2) is 0 Å². The van der Waals surface area contributed by atoms with Gasteiger partial charge in [-0.15, -0.1) is 0 Å². The first-order valence-corrected chi connectivity index (χ1v) is 5.63. The van der Waals surface area contributed by atoms with Gasteiger partial charge in [0.25, 0.3) is 0 Å². The van der Waals surface area contributed by atoms with Gasteiger partial charge in [0.05, 0.1) is 33.7 Å². The molecule has 0 fully saturated rings. The molecule has 0 spiro atoms. The molecule has 2 atom stereocenters. The van der Waals surface area contributed by atoms with Crippen LogP contribution in [0.15, 0.2) is 0 Å². The topological polar surface area (TPSA) is 161 Å². The molecule has 0 aliphatic heterocycles. The fourth-order valence-corrected chi connectivity index (χ4v) is 0.968. The largest absolute Gasteiger partial charge is 2.00 e. The zero-order chi connectivity index (χ0) is 16.5. The third kappa shape index (κ3) is 15.0. The Hall–Kier alpha value is -1.19.